The fourth-order valence-corrected chi connectivity index (χ4v) is 3.63. The van der Waals surface area contributed by atoms with E-state index < -0.39 is 6.04 Å². The normalized spacial score (nSPS) is 16.1. The highest BCUT2D eigenvalue weighted by Crippen LogP contribution is 2.37. The van der Waals surface area contributed by atoms with E-state index in [1.165, 1.54) is 0 Å². The Hall–Kier alpha value is -3.11. The highest BCUT2D eigenvalue weighted by molar-refractivity contribution is 6.30. The molecule has 3 aromatic rings. The van der Waals surface area contributed by atoms with Gasteiger partial charge in [-0.3, -0.25) is 14.5 Å². The van der Waals surface area contributed by atoms with Crippen LogP contribution in [0.15, 0.2) is 78.9 Å². The Morgan fingerprint density at radius 3 is 2.18 bits per heavy atom. The smallest absolute Gasteiger partial charge is 0.259 e. The maximum Gasteiger partial charge on any atom is 0.259 e. The van der Waals surface area contributed by atoms with E-state index in [2.05, 4.69) is 0 Å². The van der Waals surface area contributed by atoms with Crippen molar-refractivity contribution in [2.75, 3.05) is 9.80 Å². The molecule has 1 aliphatic heterocycles. The summed E-state index contributed by atoms with van der Waals surface area (Å²) in [5.74, 6) is -0.294. The van der Waals surface area contributed by atoms with Gasteiger partial charge in [0, 0.05) is 10.6 Å². The van der Waals surface area contributed by atoms with Crippen LogP contribution in [0, 0.1) is 0 Å². The van der Waals surface area contributed by atoms with Crippen molar-refractivity contribution < 1.29 is 9.59 Å². The van der Waals surface area contributed by atoms with E-state index in [4.69, 9.17) is 11.6 Å². The van der Waals surface area contributed by atoms with Crippen LogP contribution >= 0.6 is 11.6 Å². The summed E-state index contributed by atoms with van der Waals surface area (Å²) in [5, 5.41) is 0.655. The van der Waals surface area contributed by atoms with Crippen LogP contribution in [0.3, 0.4) is 0 Å². The van der Waals surface area contributed by atoms with E-state index in [-0.39, 0.29) is 11.8 Å². The molecule has 0 spiro atoms. The molecule has 0 aliphatic carbocycles. The van der Waals surface area contributed by atoms with Gasteiger partial charge in [-0.05, 0) is 48.9 Å². The molecule has 0 N–H and O–H groups in total. The van der Waals surface area contributed by atoms with Crippen molar-refractivity contribution in [3.63, 3.8) is 0 Å². The first-order valence-electron chi connectivity index (χ1n) is 9.10. The molecule has 0 radical (unpaired) electrons. The Balaban J connectivity index is 1.74. The zero-order chi connectivity index (χ0) is 19.7. The van der Waals surface area contributed by atoms with Crippen LogP contribution in [0.25, 0.3) is 0 Å². The number of rotatable bonds is 3. The van der Waals surface area contributed by atoms with Gasteiger partial charge in [0.25, 0.3) is 5.91 Å². The predicted octanol–water partition coefficient (Wildman–Crippen LogP) is 4.92. The van der Waals surface area contributed by atoms with Crippen molar-refractivity contribution in [3.8, 4) is 0 Å². The first kappa shape index (κ1) is 18.3. The molecular formula is C23H19ClN2O2. The number of para-hydroxylation sites is 2. The first-order chi connectivity index (χ1) is 13.6. The van der Waals surface area contributed by atoms with E-state index >= 15 is 0 Å². The minimum atomic E-state index is -0.602. The van der Waals surface area contributed by atoms with E-state index in [9.17, 15) is 9.59 Å². The van der Waals surface area contributed by atoms with Gasteiger partial charge in [-0.25, -0.2) is 0 Å². The molecule has 0 saturated carbocycles. The lowest BCUT2D eigenvalue weighted by molar-refractivity contribution is -0.119. The summed E-state index contributed by atoms with van der Waals surface area (Å²) < 4.78 is 0. The standard InChI is InChI=1S/C23H19ClN2O2/c1-16-22(27)25(15-17-11-13-19(24)14-12-17)20-9-5-6-10-21(20)26(16)23(28)18-7-3-2-4-8-18/h2-14,16H,15H2,1H3/t16-/m0/s1. The summed E-state index contributed by atoms with van der Waals surface area (Å²) in [4.78, 5) is 29.7. The lowest BCUT2D eigenvalue weighted by atomic mass is 10.0. The molecule has 4 rings (SSSR count). The summed E-state index contributed by atoms with van der Waals surface area (Å²) in [6.45, 7) is 2.19. The average molecular weight is 391 g/mol. The molecule has 1 heterocycles. The second kappa shape index (κ2) is 7.49. The van der Waals surface area contributed by atoms with Crippen molar-refractivity contribution in [3.05, 3.63) is 95.0 Å². The molecule has 1 aliphatic rings. The number of anilines is 2. The molecule has 2 amide bonds. The largest absolute Gasteiger partial charge is 0.304 e. The van der Waals surface area contributed by atoms with Gasteiger partial charge in [0.15, 0.2) is 0 Å². The summed E-state index contributed by atoms with van der Waals surface area (Å²) in [7, 11) is 0. The molecule has 140 valence electrons. The molecule has 0 fully saturated rings. The van der Waals surface area contributed by atoms with Gasteiger partial charge in [0.05, 0.1) is 17.9 Å². The molecule has 5 heteroatoms. The monoisotopic (exact) mass is 390 g/mol. The molecule has 0 aromatic heterocycles. The lowest BCUT2D eigenvalue weighted by Gasteiger charge is -2.40. The molecule has 1 atom stereocenters. The molecule has 3 aromatic carbocycles. The number of amides is 2. The lowest BCUT2D eigenvalue weighted by Crippen LogP contribution is -2.54. The van der Waals surface area contributed by atoms with E-state index in [0.717, 1.165) is 16.9 Å². The Kier molecular flexibility index (Phi) is 4.88. The molecule has 0 bridgehead atoms. The van der Waals surface area contributed by atoms with Crippen LogP contribution in [0.2, 0.25) is 5.02 Å². The van der Waals surface area contributed by atoms with E-state index in [1.54, 1.807) is 28.9 Å². The van der Waals surface area contributed by atoms with Crippen molar-refractivity contribution in [1.29, 1.82) is 0 Å². The van der Waals surface area contributed by atoms with Gasteiger partial charge in [-0.15, -0.1) is 0 Å². The molecule has 0 unspecified atom stereocenters. The van der Waals surface area contributed by atoms with Crippen LogP contribution in [0.5, 0.6) is 0 Å². The predicted molar refractivity (Wildman–Crippen MR) is 112 cm³/mol. The SMILES string of the molecule is C[C@H]1C(=O)N(Cc2ccc(Cl)cc2)c2ccccc2N1C(=O)c1ccccc1. The third-order valence-electron chi connectivity index (χ3n) is 4.94. The topological polar surface area (TPSA) is 40.6 Å². The number of carbonyl (C=O) groups excluding carboxylic acids is 2. The Labute approximate surface area is 169 Å². The Morgan fingerprint density at radius 1 is 0.893 bits per heavy atom. The summed E-state index contributed by atoms with van der Waals surface area (Å²) >= 11 is 5.97. The van der Waals surface area contributed by atoms with Crippen molar-refractivity contribution in [2.24, 2.45) is 0 Å². The second-order valence-electron chi connectivity index (χ2n) is 6.76. The number of carbonyl (C=O) groups is 2. The zero-order valence-corrected chi connectivity index (χ0v) is 16.1. The molecule has 28 heavy (non-hydrogen) atoms. The average Bonchev–Trinajstić information content (AvgIpc) is 2.73. The number of fused-ring (bicyclic) bond motifs is 1. The number of benzene rings is 3. The molecular weight excluding hydrogens is 372 g/mol. The number of hydrogen-bond acceptors (Lipinski definition) is 2. The van der Waals surface area contributed by atoms with Gasteiger partial charge in [-0.2, -0.15) is 0 Å². The number of hydrogen-bond donors (Lipinski definition) is 0. The van der Waals surface area contributed by atoms with E-state index in [0.29, 0.717) is 17.1 Å². The molecule has 0 saturated heterocycles. The van der Waals surface area contributed by atoms with Gasteiger partial charge in [0.1, 0.15) is 6.04 Å². The number of nitrogens with zero attached hydrogens (tertiary/aromatic N) is 2. The summed E-state index contributed by atoms with van der Waals surface area (Å²) in [6, 6.07) is 23.4. The maximum atomic E-state index is 13.2. The fourth-order valence-electron chi connectivity index (χ4n) is 3.50. The highest BCUT2D eigenvalue weighted by atomic mass is 35.5. The van der Waals surface area contributed by atoms with Crippen molar-refractivity contribution in [1.82, 2.24) is 0 Å². The van der Waals surface area contributed by atoms with Crippen LogP contribution < -0.4 is 9.80 Å². The van der Waals surface area contributed by atoms with Crippen LogP contribution in [-0.2, 0) is 11.3 Å². The second-order valence-corrected chi connectivity index (χ2v) is 7.19. The Bertz CT molecular complexity index is 1020. The van der Waals surface area contributed by atoms with Gasteiger partial charge in [-0.1, -0.05) is 54.1 Å². The quantitative estimate of drug-likeness (QED) is 0.636. The van der Waals surface area contributed by atoms with Crippen molar-refractivity contribution >= 4 is 34.8 Å². The van der Waals surface area contributed by atoms with Gasteiger partial charge >= 0.3 is 0 Å². The third-order valence-corrected chi connectivity index (χ3v) is 5.19. The number of halogens is 1. The minimum absolute atomic E-state index is 0.113. The first-order valence-corrected chi connectivity index (χ1v) is 9.47. The maximum absolute atomic E-state index is 13.2. The molecule has 4 nitrogen and oxygen atoms in total. The third kappa shape index (κ3) is 3.27. The van der Waals surface area contributed by atoms with Crippen LogP contribution in [-0.4, -0.2) is 17.9 Å². The summed E-state index contributed by atoms with van der Waals surface area (Å²) in [6.07, 6.45) is 0. The van der Waals surface area contributed by atoms with Gasteiger partial charge < -0.3 is 4.90 Å². The van der Waals surface area contributed by atoms with Crippen LogP contribution in [0.4, 0.5) is 11.4 Å². The van der Waals surface area contributed by atoms with Crippen LogP contribution in [0.1, 0.15) is 22.8 Å². The summed E-state index contributed by atoms with van der Waals surface area (Å²) in [5.41, 5.74) is 2.99. The van der Waals surface area contributed by atoms with E-state index in [1.807, 2.05) is 66.7 Å². The van der Waals surface area contributed by atoms with Gasteiger partial charge in [0.2, 0.25) is 5.91 Å². The fraction of sp³-hybridized carbons (Fsp3) is 0.130. The van der Waals surface area contributed by atoms with Crippen molar-refractivity contribution in [2.45, 2.75) is 19.5 Å². The minimum Gasteiger partial charge on any atom is -0.304 e. The zero-order valence-electron chi connectivity index (χ0n) is 15.4. The highest BCUT2D eigenvalue weighted by Gasteiger charge is 2.38. The Morgan fingerprint density at radius 2 is 1.50 bits per heavy atom.